The number of carbonyl (C=O) groups is 1. The second-order valence-electron chi connectivity index (χ2n) is 5.04. The molecule has 1 fully saturated rings. The molecule has 1 heterocycles. The molecule has 0 aliphatic carbocycles. The zero-order chi connectivity index (χ0) is 15.8. The van der Waals surface area contributed by atoms with Crippen LogP contribution in [-0.4, -0.2) is 45.5 Å². The zero-order valence-electron chi connectivity index (χ0n) is 11.8. The average molecular weight is 316 g/mol. The van der Waals surface area contributed by atoms with E-state index in [0.29, 0.717) is 19.5 Å². The summed E-state index contributed by atoms with van der Waals surface area (Å²) in [6.45, 7) is 2.22. The van der Waals surface area contributed by atoms with Crippen LogP contribution in [0.15, 0.2) is 17.0 Å². The third-order valence-corrected chi connectivity index (χ3v) is 4.62. The molecule has 0 aromatic heterocycles. The van der Waals surface area contributed by atoms with Crippen LogP contribution < -0.4 is 5.14 Å². The Hall–Kier alpha value is -1.51. The van der Waals surface area contributed by atoms with Crippen molar-refractivity contribution in [3.63, 3.8) is 0 Å². The summed E-state index contributed by atoms with van der Waals surface area (Å²) in [5, 5.41) is 5.08. The van der Waals surface area contributed by atoms with E-state index in [1.54, 1.807) is 7.11 Å². The Labute approximate surface area is 122 Å². The maximum atomic E-state index is 14.0. The molecule has 0 radical (unpaired) electrons. The SMILES string of the molecule is COC1CCN(C(=O)c2cc(S(N)(=O)=O)c(C)cc2F)C1. The first kappa shape index (κ1) is 15.9. The minimum atomic E-state index is -4.01. The van der Waals surface area contributed by atoms with Crippen LogP contribution in [0, 0.1) is 12.7 Å². The van der Waals surface area contributed by atoms with Crippen LogP contribution in [-0.2, 0) is 14.8 Å². The second kappa shape index (κ2) is 5.70. The van der Waals surface area contributed by atoms with Crippen molar-refractivity contribution < 1.29 is 22.3 Å². The fourth-order valence-electron chi connectivity index (χ4n) is 2.40. The fourth-order valence-corrected chi connectivity index (χ4v) is 3.19. The van der Waals surface area contributed by atoms with Crippen LogP contribution in [0.25, 0.3) is 0 Å². The third kappa shape index (κ3) is 3.22. The Morgan fingerprint density at radius 3 is 2.67 bits per heavy atom. The number of carbonyl (C=O) groups excluding carboxylic acids is 1. The van der Waals surface area contributed by atoms with Crippen molar-refractivity contribution in [1.82, 2.24) is 4.90 Å². The Morgan fingerprint density at radius 2 is 2.14 bits per heavy atom. The van der Waals surface area contributed by atoms with E-state index >= 15 is 0 Å². The van der Waals surface area contributed by atoms with Crippen LogP contribution in [0.4, 0.5) is 4.39 Å². The molecular formula is C13H17FN2O4S. The average Bonchev–Trinajstić information content (AvgIpc) is 2.85. The molecule has 1 aromatic carbocycles. The van der Waals surface area contributed by atoms with E-state index in [0.717, 1.165) is 12.1 Å². The minimum Gasteiger partial charge on any atom is -0.380 e. The number of hydrogen-bond acceptors (Lipinski definition) is 4. The van der Waals surface area contributed by atoms with Gasteiger partial charge in [0.1, 0.15) is 5.82 Å². The number of rotatable bonds is 3. The molecule has 1 aliphatic rings. The minimum absolute atomic E-state index is 0.0832. The normalized spacial score (nSPS) is 19.0. The molecule has 1 unspecified atom stereocenters. The summed E-state index contributed by atoms with van der Waals surface area (Å²) in [6.07, 6.45) is 0.581. The number of benzene rings is 1. The van der Waals surface area contributed by atoms with Crippen LogP contribution in [0.2, 0.25) is 0 Å². The standard InChI is InChI=1S/C13H17FN2O4S/c1-8-5-11(14)10(6-12(8)21(15,18)19)13(17)16-4-3-9(7-16)20-2/h5-6,9H,3-4,7H2,1-2H3,(H2,15,18,19). The molecule has 8 heteroatoms. The van der Waals surface area contributed by atoms with E-state index in [-0.39, 0.29) is 22.1 Å². The first-order valence-electron chi connectivity index (χ1n) is 6.39. The number of hydrogen-bond donors (Lipinski definition) is 1. The maximum Gasteiger partial charge on any atom is 0.256 e. The fraction of sp³-hybridized carbons (Fsp3) is 0.462. The van der Waals surface area contributed by atoms with E-state index in [2.05, 4.69) is 0 Å². The van der Waals surface area contributed by atoms with E-state index in [9.17, 15) is 17.6 Å². The van der Waals surface area contributed by atoms with Crippen molar-refractivity contribution >= 4 is 15.9 Å². The topological polar surface area (TPSA) is 89.7 Å². The molecule has 0 spiro atoms. The molecule has 1 saturated heterocycles. The number of nitrogens with two attached hydrogens (primary N) is 1. The molecule has 0 saturated carbocycles. The lowest BCUT2D eigenvalue weighted by Crippen LogP contribution is -2.31. The first-order valence-corrected chi connectivity index (χ1v) is 7.93. The van der Waals surface area contributed by atoms with Crippen molar-refractivity contribution in [1.29, 1.82) is 0 Å². The molecule has 1 aromatic rings. The number of nitrogens with zero attached hydrogens (tertiary/aromatic N) is 1. The number of primary sulfonamides is 1. The Kier molecular flexibility index (Phi) is 4.31. The first-order chi connectivity index (χ1) is 9.74. The summed E-state index contributed by atoms with van der Waals surface area (Å²) in [6, 6.07) is 2.01. The van der Waals surface area contributed by atoms with E-state index in [4.69, 9.17) is 9.88 Å². The van der Waals surface area contributed by atoms with Crippen LogP contribution in [0.1, 0.15) is 22.3 Å². The van der Waals surface area contributed by atoms with Gasteiger partial charge in [0.25, 0.3) is 5.91 Å². The summed E-state index contributed by atoms with van der Waals surface area (Å²) < 4.78 is 42.1. The molecule has 1 aliphatic heterocycles. The van der Waals surface area contributed by atoms with Crippen LogP contribution in [0.3, 0.4) is 0 Å². The number of methoxy groups -OCH3 is 1. The van der Waals surface area contributed by atoms with Gasteiger partial charge in [0, 0.05) is 20.2 Å². The highest BCUT2D eigenvalue weighted by Crippen LogP contribution is 2.22. The molecule has 1 amide bonds. The largest absolute Gasteiger partial charge is 0.380 e. The second-order valence-corrected chi connectivity index (χ2v) is 6.57. The van der Waals surface area contributed by atoms with E-state index in [1.807, 2.05) is 0 Å². The van der Waals surface area contributed by atoms with Crippen molar-refractivity contribution in [2.24, 2.45) is 5.14 Å². The van der Waals surface area contributed by atoms with Gasteiger partial charge in [-0.25, -0.2) is 17.9 Å². The summed E-state index contributed by atoms with van der Waals surface area (Å²) in [5.74, 6) is -1.32. The predicted molar refractivity (Wildman–Crippen MR) is 73.8 cm³/mol. The summed E-state index contributed by atoms with van der Waals surface area (Å²) in [7, 11) is -2.46. The molecule has 116 valence electrons. The molecular weight excluding hydrogens is 299 g/mol. The number of aryl methyl sites for hydroxylation is 1. The van der Waals surface area contributed by atoms with Gasteiger partial charge in [-0.15, -0.1) is 0 Å². The number of amides is 1. The molecule has 0 bridgehead atoms. The molecule has 1 atom stereocenters. The third-order valence-electron chi connectivity index (χ3n) is 3.57. The van der Waals surface area contributed by atoms with Crippen molar-refractivity contribution in [3.8, 4) is 0 Å². The van der Waals surface area contributed by atoms with Gasteiger partial charge in [-0.2, -0.15) is 0 Å². The number of sulfonamides is 1. The van der Waals surface area contributed by atoms with Gasteiger partial charge in [0.2, 0.25) is 10.0 Å². The monoisotopic (exact) mass is 316 g/mol. The van der Waals surface area contributed by atoms with Gasteiger partial charge >= 0.3 is 0 Å². The van der Waals surface area contributed by atoms with Gasteiger partial charge in [-0.05, 0) is 31.0 Å². The van der Waals surface area contributed by atoms with Gasteiger partial charge in [-0.3, -0.25) is 4.79 Å². The Bertz CT molecular complexity index is 675. The lowest BCUT2D eigenvalue weighted by atomic mass is 10.1. The van der Waals surface area contributed by atoms with Gasteiger partial charge in [0.15, 0.2) is 0 Å². The highest BCUT2D eigenvalue weighted by atomic mass is 32.2. The summed E-state index contributed by atoms with van der Waals surface area (Å²) in [5.41, 5.74) is -0.121. The number of ether oxygens (including phenoxy) is 1. The van der Waals surface area contributed by atoms with E-state index in [1.165, 1.54) is 11.8 Å². The maximum absolute atomic E-state index is 14.0. The van der Waals surface area contributed by atoms with E-state index < -0.39 is 21.7 Å². The zero-order valence-corrected chi connectivity index (χ0v) is 12.6. The van der Waals surface area contributed by atoms with Crippen LogP contribution >= 0.6 is 0 Å². The summed E-state index contributed by atoms with van der Waals surface area (Å²) in [4.78, 5) is 13.5. The van der Waals surface area contributed by atoms with Gasteiger partial charge < -0.3 is 9.64 Å². The lowest BCUT2D eigenvalue weighted by molar-refractivity contribution is 0.0719. The number of halogens is 1. The van der Waals surface area contributed by atoms with Crippen molar-refractivity contribution in [2.45, 2.75) is 24.3 Å². The van der Waals surface area contributed by atoms with Gasteiger partial charge in [-0.1, -0.05) is 0 Å². The number of likely N-dealkylation sites (tertiary alicyclic amines) is 1. The molecule has 21 heavy (non-hydrogen) atoms. The molecule has 6 nitrogen and oxygen atoms in total. The van der Waals surface area contributed by atoms with Crippen LogP contribution in [0.5, 0.6) is 0 Å². The smallest absolute Gasteiger partial charge is 0.256 e. The van der Waals surface area contributed by atoms with Crippen molar-refractivity contribution in [2.75, 3.05) is 20.2 Å². The lowest BCUT2D eigenvalue weighted by Gasteiger charge is -2.17. The summed E-state index contributed by atoms with van der Waals surface area (Å²) >= 11 is 0. The Morgan fingerprint density at radius 1 is 1.48 bits per heavy atom. The predicted octanol–water partition coefficient (Wildman–Crippen LogP) is 0.642. The highest BCUT2D eigenvalue weighted by molar-refractivity contribution is 7.89. The van der Waals surface area contributed by atoms with Crippen molar-refractivity contribution in [3.05, 3.63) is 29.1 Å². The molecule has 2 N–H and O–H groups in total. The molecule has 2 rings (SSSR count). The Balaban J connectivity index is 2.38. The highest BCUT2D eigenvalue weighted by Gasteiger charge is 2.29. The quantitative estimate of drug-likeness (QED) is 0.886. The van der Waals surface area contributed by atoms with Gasteiger partial charge in [0.05, 0.1) is 16.6 Å².